The third-order valence-corrected chi connectivity index (χ3v) is 3.13. The van der Waals surface area contributed by atoms with Crippen LogP contribution in [0.25, 0.3) is 0 Å². The van der Waals surface area contributed by atoms with Crippen LogP contribution in [0, 0.1) is 18.7 Å². The lowest BCUT2D eigenvalue weighted by Gasteiger charge is -2.21. The number of hydrogen-bond donors (Lipinski definition) is 1. The maximum Gasteiger partial charge on any atom is 0.254 e. The molecule has 0 spiro atoms. The van der Waals surface area contributed by atoms with Crippen LogP contribution in [0.3, 0.4) is 0 Å². The maximum absolute atomic E-state index is 13.6. The molecule has 0 saturated carbocycles. The zero-order valence-electron chi connectivity index (χ0n) is 11.0. The molecule has 100 valence electrons. The topological polar surface area (TPSA) is 29.1 Å². The van der Waals surface area contributed by atoms with Gasteiger partial charge in [-0.3, -0.25) is 4.79 Å². The third-order valence-electron chi connectivity index (χ3n) is 2.91. The van der Waals surface area contributed by atoms with Crippen LogP contribution in [-0.2, 0) is 0 Å². The van der Waals surface area contributed by atoms with E-state index in [0.717, 1.165) is 5.56 Å². The molecule has 1 atom stereocenters. The highest BCUT2D eigenvalue weighted by Crippen LogP contribution is 2.13. The van der Waals surface area contributed by atoms with Gasteiger partial charge < -0.3 is 5.32 Å². The zero-order valence-corrected chi connectivity index (χ0v) is 11.7. The number of amides is 1. The summed E-state index contributed by atoms with van der Waals surface area (Å²) in [5, 5.41) is 2.84. The minimum Gasteiger partial charge on any atom is -0.349 e. The summed E-state index contributed by atoms with van der Waals surface area (Å²) in [7, 11) is 0. The molecule has 1 rings (SSSR count). The number of benzene rings is 1. The first kappa shape index (κ1) is 15.0. The highest BCUT2D eigenvalue weighted by atomic mass is 35.5. The Morgan fingerprint density at radius 3 is 2.67 bits per heavy atom. The standard InChI is InChI=1S/C14H19ClFNO/c1-9(2)13(6-7-15)17-14(18)11-8-10(3)4-5-12(11)16/h4-5,8-9,13H,6-7H2,1-3H3,(H,17,18). The average molecular weight is 272 g/mol. The van der Waals surface area contributed by atoms with E-state index in [-0.39, 0.29) is 23.4 Å². The van der Waals surface area contributed by atoms with Crippen molar-refractivity contribution in [2.24, 2.45) is 5.92 Å². The van der Waals surface area contributed by atoms with Crippen LogP contribution < -0.4 is 5.32 Å². The number of aryl methyl sites for hydroxylation is 1. The molecule has 2 nitrogen and oxygen atoms in total. The maximum atomic E-state index is 13.6. The Morgan fingerprint density at radius 1 is 1.44 bits per heavy atom. The molecule has 0 aliphatic heterocycles. The molecule has 0 saturated heterocycles. The van der Waals surface area contributed by atoms with Crippen LogP contribution in [0.2, 0.25) is 0 Å². The number of nitrogens with one attached hydrogen (secondary N) is 1. The van der Waals surface area contributed by atoms with E-state index in [0.29, 0.717) is 12.3 Å². The van der Waals surface area contributed by atoms with E-state index < -0.39 is 5.82 Å². The Morgan fingerprint density at radius 2 is 2.11 bits per heavy atom. The molecule has 18 heavy (non-hydrogen) atoms. The predicted octanol–water partition coefficient (Wildman–Crippen LogP) is 3.52. The minimum absolute atomic E-state index is 0.0325. The molecular formula is C14H19ClFNO. The van der Waals surface area contributed by atoms with Gasteiger partial charge in [0, 0.05) is 11.9 Å². The van der Waals surface area contributed by atoms with Gasteiger partial charge in [0.1, 0.15) is 5.82 Å². The van der Waals surface area contributed by atoms with Gasteiger partial charge >= 0.3 is 0 Å². The predicted molar refractivity (Wildman–Crippen MR) is 72.6 cm³/mol. The lowest BCUT2D eigenvalue weighted by atomic mass is 10.0. The molecule has 0 aliphatic rings. The fourth-order valence-electron chi connectivity index (χ4n) is 1.75. The molecule has 1 aromatic carbocycles. The second-order valence-electron chi connectivity index (χ2n) is 4.78. The van der Waals surface area contributed by atoms with Crippen LogP contribution in [0.5, 0.6) is 0 Å². The van der Waals surface area contributed by atoms with Crippen molar-refractivity contribution in [2.45, 2.75) is 33.2 Å². The molecule has 0 aliphatic carbocycles. The molecule has 0 aromatic heterocycles. The fraction of sp³-hybridized carbons (Fsp3) is 0.500. The van der Waals surface area contributed by atoms with E-state index in [2.05, 4.69) is 5.32 Å². The van der Waals surface area contributed by atoms with Crippen LogP contribution in [-0.4, -0.2) is 17.8 Å². The smallest absolute Gasteiger partial charge is 0.254 e. The summed E-state index contributed by atoms with van der Waals surface area (Å²) >= 11 is 5.70. The normalized spacial score (nSPS) is 12.6. The van der Waals surface area contributed by atoms with E-state index in [1.54, 1.807) is 12.1 Å². The largest absolute Gasteiger partial charge is 0.349 e. The van der Waals surface area contributed by atoms with Gasteiger partial charge in [-0.15, -0.1) is 11.6 Å². The first-order valence-electron chi connectivity index (χ1n) is 6.08. The first-order valence-corrected chi connectivity index (χ1v) is 6.62. The number of alkyl halides is 1. The minimum atomic E-state index is -0.494. The van der Waals surface area contributed by atoms with Crippen molar-refractivity contribution in [3.63, 3.8) is 0 Å². The van der Waals surface area contributed by atoms with Crippen molar-refractivity contribution in [1.29, 1.82) is 0 Å². The summed E-state index contributed by atoms with van der Waals surface area (Å²) in [5.74, 6) is -0.133. The zero-order chi connectivity index (χ0) is 13.7. The molecule has 0 bridgehead atoms. The highest BCUT2D eigenvalue weighted by molar-refractivity contribution is 6.17. The van der Waals surface area contributed by atoms with Crippen molar-refractivity contribution < 1.29 is 9.18 Å². The Bertz CT molecular complexity index is 420. The van der Waals surface area contributed by atoms with Crippen molar-refractivity contribution in [1.82, 2.24) is 5.32 Å². The highest BCUT2D eigenvalue weighted by Gasteiger charge is 2.18. The second kappa shape index (κ2) is 6.74. The summed E-state index contributed by atoms with van der Waals surface area (Å²) < 4.78 is 13.6. The van der Waals surface area contributed by atoms with E-state index >= 15 is 0 Å². The van der Waals surface area contributed by atoms with Crippen LogP contribution in [0.1, 0.15) is 36.2 Å². The van der Waals surface area contributed by atoms with E-state index in [9.17, 15) is 9.18 Å². The van der Waals surface area contributed by atoms with Crippen molar-refractivity contribution in [2.75, 3.05) is 5.88 Å². The van der Waals surface area contributed by atoms with Crippen LogP contribution in [0.15, 0.2) is 18.2 Å². The second-order valence-corrected chi connectivity index (χ2v) is 5.16. The lowest BCUT2D eigenvalue weighted by Crippen LogP contribution is -2.39. The number of carbonyl (C=O) groups excluding carboxylic acids is 1. The van der Waals surface area contributed by atoms with Crippen molar-refractivity contribution in [3.8, 4) is 0 Å². The number of rotatable bonds is 5. The van der Waals surface area contributed by atoms with Crippen LogP contribution >= 0.6 is 11.6 Å². The molecule has 0 heterocycles. The number of hydrogen-bond acceptors (Lipinski definition) is 1. The summed E-state index contributed by atoms with van der Waals surface area (Å²) in [6.07, 6.45) is 0.679. The fourth-order valence-corrected chi connectivity index (χ4v) is 1.98. The van der Waals surface area contributed by atoms with Gasteiger partial charge in [-0.2, -0.15) is 0 Å². The van der Waals surface area contributed by atoms with Crippen molar-refractivity contribution in [3.05, 3.63) is 35.1 Å². The van der Waals surface area contributed by atoms with Gasteiger partial charge in [0.25, 0.3) is 5.91 Å². The summed E-state index contributed by atoms with van der Waals surface area (Å²) in [6, 6.07) is 4.49. The summed E-state index contributed by atoms with van der Waals surface area (Å²) in [6.45, 7) is 5.84. The Kier molecular flexibility index (Phi) is 5.60. The van der Waals surface area contributed by atoms with Gasteiger partial charge in [-0.05, 0) is 31.4 Å². The molecule has 1 amide bonds. The average Bonchev–Trinajstić information content (AvgIpc) is 2.31. The molecule has 4 heteroatoms. The summed E-state index contributed by atoms with van der Waals surface area (Å²) in [5.41, 5.74) is 0.954. The molecule has 1 aromatic rings. The van der Waals surface area contributed by atoms with Crippen LogP contribution in [0.4, 0.5) is 4.39 Å². The van der Waals surface area contributed by atoms with E-state index in [1.807, 2.05) is 20.8 Å². The molecule has 0 radical (unpaired) electrons. The van der Waals surface area contributed by atoms with Gasteiger partial charge in [0.05, 0.1) is 5.56 Å². The van der Waals surface area contributed by atoms with E-state index in [4.69, 9.17) is 11.6 Å². The number of halogens is 2. The van der Waals surface area contributed by atoms with Gasteiger partial charge in [0.15, 0.2) is 0 Å². The van der Waals surface area contributed by atoms with Crippen molar-refractivity contribution >= 4 is 17.5 Å². The summed E-state index contributed by atoms with van der Waals surface area (Å²) in [4.78, 5) is 12.0. The molecule has 1 N–H and O–H groups in total. The Balaban J connectivity index is 2.83. The molecule has 1 unspecified atom stereocenters. The van der Waals surface area contributed by atoms with Gasteiger partial charge in [0.2, 0.25) is 0 Å². The molecule has 0 fully saturated rings. The third kappa shape index (κ3) is 3.98. The first-order chi connectivity index (χ1) is 8.45. The Hall–Kier alpha value is -1.09. The quantitative estimate of drug-likeness (QED) is 0.816. The van der Waals surface area contributed by atoms with Gasteiger partial charge in [-0.25, -0.2) is 4.39 Å². The molecular weight excluding hydrogens is 253 g/mol. The number of carbonyl (C=O) groups is 1. The Labute approximate surface area is 113 Å². The van der Waals surface area contributed by atoms with E-state index in [1.165, 1.54) is 6.07 Å². The van der Waals surface area contributed by atoms with Gasteiger partial charge in [-0.1, -0.05) is 25.5 Å². The SMILES string of the molecule is Cc1ccc(F)c(C(=O)NC(CCCl)C(C)C)c1. The monoisotopic (exact) mass is 271 g/mol. The lowest BCUT2D eigenvalue weighted by molar-refractivity contribution is 0.0920.